The molecule has 1 atom stereocenters. The molecule has 1 saturated carbocycles. The molecule has 2 rings (SSSR count). The number of hydrogen-bond donors (Lipinski definition) is 0. The largest absolute Gasteiger partial charge is 0.297 e. The Bertz CT molecular complexity index is 435. The van der Waals surface area contributed by atoms with Gasteiger partial charge in [0, 0.05) is 0 Å². The molecule has 0 spiro atoms. The van der Waals surface area contributed by atoms with Gasteiger partial charge in [0.1, 0.15) is 0 Å². The first-order valence-corrected chi connectivity index (χ1v) is 6.99. The molecule has 0 saturated heterocycles. The normalized spacial score (nSPS) is 19.1. The van der Waals surface area contributed by atoms with E-state index in [1.807, 2.05) is 6.92 Å². The maximum Gasteiger partial charge on any atom is 0.297 e. The summed E-state index contributed by atoms with van der Waals surface area (Å²) in [6.45, 7) is 1.84. The van der Waals surface area contributed by atoms with Crippen molar-refractivity contribution >= 4 is 10.1 Å². The van der Waals surface area contributed by atoms with Crippen LogP contribution >= 0.6 is 0 Å². The maximum atomic E-state index is 11.9. The molecule has 1 unspecified atom stereocenters. The molecule has 0 heterocycles. The van der Waals surface area contributed by atoms with Crippen LogP contribution in [0.4, 0.5) is 0 Å². The Morgan fingerprint density at radius 3 is 2.38 bits per heavy atom. The average Bonchev–Trinajstić information content (AvgIpc) is 2.15. The highest BCUT2D eigenvalue weighted by atomic mass is 32.2. The fraction of sp³-hybridized carbons (Fsp3) is 0.500. The molecular formula is C12H16O3S. The average molecular weight is 240 g/mol. The van der Waals surface area contributed by atoms with E-state index < -0.39 is 10.1 Å². The van der Waals surface area contributed by atoms with Crippen molar-refractivity contribution in [1.29, 1.82) is 0 Å². The zero-order chi connectivity index (χ0) is 11.6. The monoisotopic (exact) mass is 240 g/mol. The van der Waals surface area contributed by atoms with Gasteiger partial charge >= 0.3 is 0 Å². The molecular weight excluding hydrogens is 224 g/mol. The van der Waals surface area contributed by atoms with Gasteiger partial charge in [-0.3, -0.25) is 4.18 Å². The number of benzene rings is 1. The molecule has 1 aromatic rings. The van der Waals surface area contributed by atoms with Crippen LogP contribution in [0, 0.1) is 5.92 Å². The molecule has 3 nitrogen and oxygen atoms in total. The third-order valence-electron chi connectivity index (χ3n) is 3.12. The maximum absolute atomic E-state index is 11.9. The molecule has 16 heavy (non-hydrogen) atoms. The summed E-state index contributed by atoms with van der Waals surface area (Å²) in [6.07, 6.45) is 3.12. The van der Waals surface area contributed by atoms with Gasteiger partial charge in [-0.05, 0) is 37.8 Å². The first-order chi connectivity index (χ1) is 7.59. The lowest BCUT2D eigenvalue weighted by atomic mass is 9.82. The van der Waals surface area contributed by atoms with Gasteiger partial charge < -0.3 is 0 Å². The Morgan fingerprint density at radius 1 is 1.25 bits per heavy atom. The molecule has 0 N–H and O–H groups in total. The van der Waals surface area contributed by atoms with Crippen LogP contribution in [0.5, 0.6) is 0 Å². The van der Waals surface area contributed by atoms with E-state index >= 15 is 0 Å². The molecule has 88 valence electrons. The van der Waals surface area contributed by atoms with Gasteiger partial charge in [0.05, 0.1) is 11.0 Å². The van der Waals surface area contributed by atoms with Crippen LogP contribution in [0.25, 0.3) is 0 Å². The van der Waals surface area contributed by atoms with Crippen molar-refractivity contribution in [3.05, 3.63) is 30.3 Å². The highest BCUT2D eigenvalue weighted by Gasteiger charge is 2.29. The van der Waals surface area contributed by atoms with E-state index in [-0.39, 0.29) is 11.0 Å². The Kier molecular flexibility index (Phi) is 3.30. The smallest absolute Gasteiger partial charge is 0.263 e. The van der Waals surface area contributed by atoms with Gasteiger partial charge in [-0.15, -0.1) is 0 Å². The molecule has 1 aliphatic rings. The van der Waals surface area contributed by atoms with Crippen molar-refractivity contribution in [2.75, 3.05) is 0 Å². The Hall–Kier alpha value is -0.870. The fourth-order valence-electron chi connectivity index (χ4n) is 1.83. The van der Waals surface area contributed by atoms with Crippen LogP contribution < -0.4 is 0 Å². The summed E-state index contributed by atoms with van der Waals surface area (Å²) in [5, 5.41) is 0. The standard InChI is InChI=1S/C12H16O3S/c1-10(11-6-5-7-11)15-16(13,14)12-8-3-2-4-9-12/h2-4,8-11H,5-7H2,1H3. The molecule has 0 bridgehead atoms. The Labute approximate surface area is 96.6 Å². The summed E-state index contributed by atoms with van der Waals surface area (Å²) in [7, 11) is -3.58. The third kappa shape index (κ3) is 2.44. The zero-order valence-electron chi connectivity index (χ0n) is 9.30. The molecule has 0 aliphatic heterocycles. The molecule has 0 amide bonds. The second-order valence-electron chi connectivity index (χ2n) is 4.26. The van der Waals surface area contributed by atoms with Crippen molar-refractivity contribution in [3.63, 3.8) is 0 Å². The van der Waals surface area contributed by atoms with Gasteiger partial charge in [-0.25, -0.2) is 0 Å². The van der Waals surface area contributed by atoms with Gasteiger partial charge in [0.15, 0.2) is 0 Å². The van der Waals surface area contributed by atoms with Gasteiger partial charge in [-0.1, -0.05) is 24.6 Å². The summed E-state index contributed by atoms with van der Waals surface area (Å²) < 4.78 is 28.9. The molecule has 4 heteroatoms. The van der Waals surface area contributed by atoms with Gasteiger partial charge in [0.2, 0.25) is 0 Å². The van der Waals surface area contributed by atoms with Crippen LogP contribution in [0.15, 0.2) is 35.2 Å². The molecule has 1 aliphatic carbocycles. The van der Waals surface area contributed by atoms with Crippen molar-refractivity contribution in [1.82, 2.24) is 0 Å². The summed E-state index contributed by atoms with van der Waals surface area (Å²) >= 11 is 0. The van der Waals surface area contributed by atoms with Crippen LogP contribution in [0.1, 0.15) is 26.2 Å². The minimum atomic E-state index is -3.58. The number of rotatable bonds is 4. The summed E-state index contributed by atoms with van der Waals surface area (Å²) in [4.78, 5) is 0.237. The van der Waals surface area contributed by atoms with Gasteiger partial charge in [-0.2, -0.15) is 8.42 Å². The van der Waals surface area contributed by atoms with Crippen LogP contribution in [-0.2, 0) is 14.3 Å². The lowest BCUT2D eigenvalue weighted by Gasteiger charge is -2.30. The van der Waals surface area contributed by atoms with Crippen molar-refractivity contribution in [2.45, 2.75) is 37.2 Å². The topological polar surface area (TPSA) is 43.4 Å². The summed E-state index contributed by atoms with van der Waals surface area (Å²) in [5.74, 6) is 0.401. The Balaban J connectivity index is 2.08. The molecule has 1 aromatic carbocycles. The summed E-state index contributed by atoms with van der Waals surface area (Å²) in [5.41, 5.74) is 0. The van der Waals surface area contributed by atoms with Gasteiger partial charge in [0.25, 0.3) is 10.1 Å². The summed E-state index contributed by atoms with van der Waals surface area (Å²) in [6, 6.07) is 8.30. The van der Waals surface area contributed by atoms with Crippen molar-refractivity contribution in [2.24, 2.45) is 5.92 Å². The minimum absolute atomic E-state index is 0.209. The van der Waals surface area contributed by atoms with Crippen molar-refractivity contribution < 1.29 is 12.6 Å². The number of hydrogen-bond acceptors (Lipinski definition) is 3. The van der Waals surface area contributed by atoms with E-state index in [9.17, 15) is 8.42 Å². The zero-order valence-corrected chi connectivity index (χ0v) is 10.1. The highest BCUT2D eigenvalue weighted by molar-refractivity contribution is 7.86. The SMILES string of the molecule is CC(OS(=O)(=O)c1ccccc1)C1CCC1. The van der Waals surface area contributed by atoms with E-state index in [0.717, 1.165) is 12.8 Å². The lowest BCUT2D eigenvalue weighted by Crippen LogP contribution is -2.29. The quantitative estimate of drug-likeness (QED) is 0.760. The molecule has 0 aromatic heterocycles. The van der Waals surface area contributed by atoms with Crippen LogP contribution in [0.2, 0.25) is 0 Å². The van der Waals surface area contributed by atoms with Crippen LogP contribution in [-0.4, -0.2) is 14.5 Å². The first-order valence-electron chi connectivity index (χ1n) is 5.58. The van der Waals surface area contributed by atoms with E-state index in [4.69, 9.17) is 4.18 Å². The van der Waals surface area contributed by atoms with E-state index in [2.05, 4.69) is 0 Å². The predicted molar refractivity (Wildman–Crippen MR) is 61.5 cm³/mol. The third-order valence-corrected chi connectivity index (χ3v) is 4.53. The van der Waals surface area contributed by atoms with E-state index in [1.54, 1.807) is 30.3 Å². The molecule has 0 radical (unpaired) electrons. The van der Waals surface area contributed by atoms with Crippen LogP contribution in [0.3, 0.4) is 0 Å². The first kappa shape index (κ1) is 11.6. The highest BCUT2D eigenvalue weighted by Crippen LogP contribution is 2.32. The second kappa shape index (κ2) is 4.55. The fourth-order valence-corrected chi connectivity index (χ4v) is 2.99. The minimum Gasteiger partial charge on any atom is -0.263 e. The Morgan fingerprint density at radius 2 is 1.88 bits per heavy atom. The second-order valence-corrected chi connectivity index (χ2v) is 5.83. The van der Waals surface area contributed by atoms with E-state index in [1.165, 1.54) is 6.42 Å². The van der Waals surface area contributed by atoms with E-state index in [0.29, 0.717) is 5.92 Å². The van der Waals surface area contributed by atoms with Crippen molar-refractivity contribution in [3.8, 4) is 0 Å². The predicted octanol–water partition coefficient (Wildman–Crippen LogP) is 2.58. The lowest BCUT2D eigenvalue weighted by molar-refractivity contribution is 0.105. The molecule has 1 fully saturated rings.